The smallest absolute Gasteiger partial charge is 0.305 e. The zero-order valence-electron chi connectivity index (χ0n) is 53.8. The van der Waals surface area contributed by atoms with Gasteiger partial charge in [0.15, 0.2) is 0 Å². The monoisotopic (exact) mass is 1140 g/mol. The summed E-state index contributed by atoms with van der Waals surface area (Å²) in [6.07, 6.45) is 35.4. The van der Waals surface area contributed by atoms with Gasteiger partial charge in [0, 0.05) is 78.2 Å². The Hall–Kier alpha value is -2.69. The molecule has 0 aromatic rings. The molecule has 0 radical (unpaired) electrons. The van der Waals surface area contributed by atoms with Crippen LogP contribution in [0.4, 0.5) is 0 Å². The molecule has 0 spiro atoms. The molecule has 0 amide bonds. The molecule has 1 N–H and O–H groups in total. The van der Waals surface area contributed by atoms with E-state index in [0.717, 1.165) is 103 Å². The summed E-state index contributed by atoms with van der Waals surface area (Å²) in [4.78, 5) is 52.1. The van der Waals surface area contributed by atoms with E-state index in [1.165, 1.54) is 96.3 Å². The second-order valence-electron chi connectivity index (χ2n) is 22.0. The van der Waals surface area contributed by atoms with Gasteiger partial charge in [0.05, 0.1) is 38.9 Å². The summed E-state index contributed by atoms with van der Waals surface area (Å²) in [6.45, 7) is 22.2. The number of ether oxygens (including phenoxy) is 8. The van der Waals surface area contributed by atoms with E-state index in [-0.39, 0.29) is 62.3 Å². The topological polar surface area (TPSA) is 172 Å². The summed E-state index contributed by atoms with van der Waals surface area (Å²) in [7, 11) is 5.74. The maximum absolute atomic E-state index is 12.6. The summed E-state index contributed by atoms with van der Waals surface area (Å²) >= 11 is 0. The van der Waals surface area contributed by atoms with Gasteiger partial charge in [-0.05, 0) is 85.4 Å². The van der Waals surface area contributed by atoms with Crippen LogP contribution >= 0.6 is 0 Å². The quantitative estimate of drug-likeness (QED) is 0.0152. The predicted molar refractivity (Wildman–Crippen MR) is 330 cm³/mol. The van der Waals surface area contributed by atoms with E-state index < -0.39 is 0 Å². The van der Waals surface area contributed by atoms with Crippen molar-refractivity contribution in [2.75, 3.05) is 107 Å². The third kappa shape index (κ3) is 64.5. The molecule has 15 nitrogen and oxygen atoms in total. The SMILES string of the molecule is CCCCCCC.CCCCCCOCC(COC(=O)CCCCCCC(=O)OCC(COC(=O)CCCCCCC=O)CN(CCCN(C)C)C(C)=N)OCCCCCC.CCCCCCOCC(COC)OCCCCCC. The second-order valence-corrected chi connectivity index (χ2v) is 22.0. The number of aldehydes is 1. The first-order valence-corrected chi connectivity index (χ1v) is 32.6. The van der Waals surface area contributed by atoms with Crippen molar-refractivity contribution in [3.63, 3.8) is 0 Å². The van der Waals surface area contributed by atoms with Crippen LogP contribution in [0.1, 0.15) is 267 Å². The van der Waals surface area contributed by atoms with E-state index in [9.17, 15) is 19.2 Å². The summed E-state index contributed by atoms with van der Waals surface area (Å²) < 4.78 is 45.2. The minimum atomic E-state index is -0.305. The number of carbonyl (C=O) groups is 4. The fourth-order valence-electron chi connectivity index (χ4n) is 8.41. The number of rotatable bonds is 58. The highest BCUT2D eigenvalue weighted by molar-refractivity contribution is 5.76. The van der Waals surface area contributed by atoms with Crippen LogP contribution in [-0.2, 0) is 57.1 Å². The fraction of sp³-hybridized carbons (Fsp3) is 0.923. The first-order valence-electron chi connectivity index (χ1n) is 32.6. The van der Waals surface area contributed by atoms with Crippen molar-refractivity contribution in [2.45, 2.75) is 279 Å². The van der Waals surface area contributed by atoms with Crippen molar-refractivity contribution in [1.29, 1.82) is 5.41 Å². The summed E-state index contributed by atoms with van der Waals surface area (Å²) in [5.41, 5.74) is 0. The van der Waals surface area contributed by atoms with Gasteiger partial charge < -0.3 is 52.5 Å². The van der Waals surface area contributed by atoms with Crippen LogP contribution in [0.5, 0.6) is 0 Å². The van der Waals surface area contributed by atoms with Crippen molar-refractivity contribution < 1.29 is 57.1 Å². The molecule has 0 rings (SSSR count). The number of esters is 3. The highest BCUT2D eigenvalue weighted by atomic mass is 16.6. The van der Waals surface area contributed by atoms with Crippen molar-refractivity contribution in [1.82, 2.24) is 9.80 Å². The Kier molecular flexibility index (Phi) is 68.4. The van der Waals surface area contributed by atoms with Gasteiger partial charge in [-0.3, -0.25) is 19.8 Å². The normalized spacial score (nSPS) is 12.2. The predicted octanol–water partition coefficient (Wildman–Crippen LogP) is 15.1. The van der Waals surface area contributed by atoms with Crippen molar-refractivity contribution >= 4 is 30.0 Å². The molecular formula is C65H129N3O12. The van der Waals surface area contributed by atoms with Crippen LogP contribution < -0.4 is 0 Å². The van der Waals surface area contributed by atoms with Crippen LogP contribution in [0, 0.1) is 11.3 Å². The molecule has 3 unspecified atom stereocenters. The van der Waals surface area contributed by atoms with Gasteiger partial charge in [-0.1, -0.05) is 176 Å². The maximum Gasteiger partial charge on any atom is 0.305 e. The molecular weight excluding hydrogens is 1010 g/mol. The molecule has 15 heteroatoms. The molecule has 0 heterocycles. The van der Waals surface area contributed by atoms with E-state index >= 15 is 0 Å². The van der Waals surface area contributed by atoms with Crippen molar-refractivity contribution in [3.8, 4) is 0 Å². The summed E-state index contributed by atoms with van der Waals surface area (Å²) in [5.74, 6) is -0.679. The number of nitrogens with zero attached hydrogens (tertiary/aromatic N) is 2. The third-order valence-electron chi connectivity index (χ3n) is 13.5. The van der Waals surface area contributed by atoms with E-state index in [0.29, 0.717) is 90.5 Å². The molecule has 3 atom stereocenters. The minimum absolute atomic E-state index is 0.0952. The Morgan fingerprint density at radius 3 is 1.18 bits per heavy atom. The number of hydrogen-bond acceptors (Lipinski definition) is 14. The molecule has 0 aliphatic heterocycles. The van der Waals surface area contributed by atoms with E-state index in [1.807, 2.05) is 19.0 Å². The second kappa shape index (κ2) is 67.1. The van der Waals surface area contributed by atoms with E-state index in [4.69, 9.17) is 43.3 Å². The van der Waals surface area contributed by atoms with Crippen molar-refractivity contribution in [2.24, 2.45) is 5.92 Å². The van der Waals surface area contributed by atoms with Gasteiger partial charge in [0.2, 0.25) is 0 Å². The summed E-state index contributed by atoms with van der Waals surface area (Å²) in [5, 5.41) is 8.27. The van der Waals surface area contributed by atoms with Gasteiger partial charge in [0.1, 0.15) is 25.1 Å². The number of carbonyl (C=O) groups excluding carboxylic acids is 4. The zero-order valence-corrected chi connectivity index (χ0v) is 53.8. The van der Waals surface area contributed by atoms with Gasteiger partial charge in [0.25, 0.3) is 0 Å². The minimum Gasteiger partial charge on any atom is -0.465 e. The lowest BCUT2D eigenvalue weighted by molar-refractivity contribution is -0.151. The molecule has 80 heavy (non-hydrogen) atoms. The van der Waals surface area contributed by atoms with Crippen LogP contribution in [0.15, 0.2) is 0 Å². The largest absolute Gasteiger partial charge is 0.465 e. The summed E-state index contributed by atoms with van der Waals surface area (Å²) in [6, 6.07) is 0. The average Bonchev–Trinajstić information content (AvgIpc) is 3.44. The molecule has 0 fully saturated rings. The lowest BCUT2D eigenvalue weighted by Crippen LogP contribution is -2.38. The van der Waals surface area contributed by atoms with Gasteiger partial charge in [-0.2, -0.15) is 0 Å². The van der Waals surface area contributed by atoms with Crippen LogP contribution in [-0.4, -0.2) is 159 Å². The Balaban J connectivity index is -0.00000186. The number of unbranched alkanes of at least 4 members (excludes halogenated alkanes) is 23. The lowest BCUT2D eigenvalue weighted by atomic mass is 10.1. The van der Waals surface area contributed by atoms with Gasteiger partial charge in [-0.25, -0.2) is 0 Å². The molecule has 0 aliphatic rings. The van der Waals surface area contributed by atoms with Crippen LogP contribution in [0.2, 0.25) is 0 Å². The van der Waals surface area contributed by atoms with Gasteiger partial charge >= 0.3 is 17.9 Å². The highest BCUT2D eigenvalue weighted by Gasteiger charge is 2.20. The first kappa shape index (κ1) is 81.5. The van der Waals surface area contributed by atoms with Gasteiger partial charge in [-0.15, -0.1) is 0 Å². The Morgan fingerprint density at radius 2 is 0.800 bits per heavy atom. The molecule has 476 valence electrons. The van der Waals surface area contributed by atoms with E-state index in [2.05, 4.69) is 46.4 Å². The molecule has 0 saturated carbocycles. The molecule has 0 aliphatic carbocycles. The molecule has 0 saturated heterocycles. The fourth-order valence-corrected chi connectivity index (χ4v) is 8.41. The highest BCUT2D eigenvalue weighted by Crippen LogP contribution is 2.13. The first-order chi connectivity index (χ1) is 38.9. The lowest BCUT2D eigenvalue weighted by Gasteiger charge is -2.28. The van der Waals surface area contributed by atoms with Crippen LogP contribution in [0.25, 0.3) is 0 Å². The molecule has 0 bridgehead atoms. The molecule has 0 aromatic carbocycles. The number of amidine groups is 1. The number of methoxy groups -OCH3 is 1. The standard InChI is InChI=1S/C42H79N3O9.C16H34O3.C7H16/c1-6-8-10-21-30-50-35-39(51-31-22-11-9-7-2)36-54-42(49)26-19-15-14-18-25-41(48)53-34-38(32-45(37(3)43)28-23-27-44(4)5)33-52-40(47)24-17-13-12-16-20-29-46;1-4-6-8-10-12-18-15-16(14-17-3)19-13-11-9-7-5-2;1-3-5-7-6-4-2/h29,38-39,43H,6-28,30-36H2,1-5H3;16H,4-15H2,1-3H3;3-7H2,1-2H3. The zero-order chi connectivity index (χ0) is 59.8. The average molecular weight is 1140 g/mol. The van der Waals surface area contributed by atoms with Crippen LogP contribution in [0.3, 0.4) is 0 Å². The molecule has 0 aromatic heterocycles. The van der Waals surface area contributed by atoms with Crippen molar-refractivity contribution in [3.05, 3.63) is 0 Å². The Morgan fingerprint density at radius 1 is 0.438 bits per heavy atom. The number of hydrogen-bond donors (Lipinski definition) is 1. The van der Waals surface area contributed by atoms with E-state index in [1.54, 1.807) is 14.0 Å². The number of nitrogens with one attached hydrogen (secondary N) is 1. The Labute approximate surface area is 492 Å². The Bertz CT molecular complexity index is 1320. The maximum atomic E-state index is 12.6. The third-order valence-corrected chi connectivity index (χ3v) is 13.5.